The van der Waals surface area contributed by atoms with Gasteiger partial charge in [-0.1, -0.05) is 12.1 Å². The summed E-state index contributed by atoms with van der Waals surface area (Å²) in [5, 5.41) is 0.851. The minimum Gasteiger partial charge on any atom is -0.300 e. The Kier molecular flexibility index (Phi) is 6.97. The minimum atomic E-state index is -4.36. The number of hydrogen-bond donors (Lipinski definition) is 1. The van der Waals surface area contributed by atoms with Crippen LogP contribution in [-0.2, 0) is 18.1 Å². The van der Waals surface area contributed by atoms with Crippen molar-refractivity contribution in [2.24, 2.45) is 0 Å². The normalized spacial score (nSPS) is 19.2. The van der Waals surface area contributed by atoms with Gasteiger partial charge in [0, 0.05) is 31.4 Å². The van der Waals surface area contributed by atoms with E-state index >= 15 is 0 Å². The molecule has 1 aromatic carbocycles. The number of rotatable bonds is 6. The monoisotopic (exact) mass is 505 g/mol. The fourth-order valence-corrected chi connectivity index (χ4v) is 5.68. The summed E-state index contributed by atoms with van der Waals surface area (Å²) in [6.45, 7) is 10.7. The van der Waals surface area contributed by atoms with Gasteiger partial charge in [-0.3, -0.25) is 19.2 Å². The van der Waals surface area contributed by atoms with Crippen molar-refractivity contribution in [3.8, 4) is 10.4 Å². The third-order valence-corrected chi connectivity index (χ3v) is 7.62. The summed E-state index contributed by atoms with van der Waals surface area (Å²) in [6, 6.07) is 5.30. The number of nitrogens with zero attached hydrogens (tertiary/aromatic N) is 3. The molecule has 0 unspecified atom stereocenters. The van der Waals surface area contributed by atoms with Crippen LogP contribution in [0.5, 0.6) is 0 Å². The number of alkyl halides is 3. The standard InChI is InChI=1S/C25H27F3N4O2S/c1-16-21(35-17(2)29-16)20-14-32(23(34)30-22(20)33)13-5-12-31-11-4-10-24(3,15-31)18-6-8-19(9-7-18)25(26,27)28/h6-9,14H,3-5,10-13,15H2,1-2H3/p+1/t24-/m0/s1. The van der Waals surface area contributed by atoms with Crippen molar-refractivity contribution in [2.45, 2.75) is 51.2 Å². The summed E-state index contributed by atoms with van der Waals surface area (Å²) in [4.78, 5) is 34.5. The Morgan fingerprint density at radius 2 is 1.89 bits per heavy atom. The summed E-state index contributed by atoms with van der Waals surface area (Å²) in [6.07, 6.45) is -0.397. The fourth-order valence-electron chi connectivity index (χ4n) is 4.75. The first-order valence-corrected chi connectivity index (χ1v) is 12.3. The highest BCUT2D eigenvalue weighted by atomic mass is 32.1. The van der Waals surface area contributed by atoms with E-state index in [1.54, 1.807) is 6.20 Å². The van der Waals surface area contributed by atoms with Crippen molar-refractivity contribution in [3.05, 3.63) is 80.1 Å². The molecule has 35 heavy (non-hydrogen) atoms. The number of benzene rings is 1. The van der Waals surface area contributed by atoms with Crippen molar-refractivity contribution in [1.29, 1.82) is 0 Å². The fraction of sp³-hybridized carbons (Fsp3) is 0.440. The molecule has 186 valence electrons. The van der Waals surface area contributed by atoms with Gasteiger partial charge in [0.05, 0.1) is 33.6 Å². The Morgan fingerprint density at radius 3 is 2.51 bits per heavy atom. The van der Waals surface area contributed by atoms with Crippen molar-refractivity contribution in [3.63, 3.8) is 0 Å². The quantitative estimate of drug-likeness (QED) is 0.499. The largest absolute Gasteiger partial charge is 0.416 e. The van der Waals surface area contributed by atoms with Gasteiger partial charge in [-0.25, -0.2) is 9.78 Å². The van der Waals surface area contributed by atoms with Gasteiger partial charge in [0.15, 0.2) is 0 Å². The molecule has 1 saturated heterocycles. The number of aromatic nitrogens is 3. The predicted molar refractivity (Wildman–Crippen MR) is 131 cm³/mol. The van der Waals surface area contributed by atoms with Gasteiger partial charge in [-0.2, -0.15) is 13.2 Å². The maximum absolute atomic E-state index is 12.9. The molecular weight excluding hydrogens is 477 g/mol. The van der Waals surface area contributed by atoms with Crippen LogP contribution in [-0.4, -0.2) is 39.1 Å². The predicted octanol–water partition coefficient (Wildman–Crippen LogP) is 4.55. The number of halogens is 3. The lowest BCUT2D eigenvalue weighted by molar-refractivity contribution is -0.137. The van der Waals surface area contributed by atoms with Crippen LogP contribution in [0.3, 0.4) is 0 Å². The second kappa shape index (κ2) is 9.66. The number of aromatic amines is 1. The summed E-state index contributed by atoms with van der Waals surface area (Å²) in [5.41, 5.74) is -0.0264. The van der Waals surface area contributed by atoms with E-state index in [-0.39, 0.29) is 0 Å². The Hall–Kier alpha value is -2.85. The number of aryl methyl sites for hydroxylation is 3. The first-order chi connectivity index (χ1) is 16.5. The molecule has 0 saturated carbocycles. The zero-order valence-electron chi connectivity index (χ0n) is 19.7. The van der Waals surface area contributed by atoms with Gasteiger partial charge in [-0.15, -0.1) is 11.3 Å². The molecule has 2 aromatic heterocycles. The Balaban J connectivity index is 1.42. The van der Waals surface area contributed by atoms with Gasteiger partial charge >= 0.3 is 11.9 Å². The summed E-state index contributed by atoms with van der Waals surface area (Å²) in [7, 11) is 0. The van der Waals surface area contributed by atoms with Crippen LogP contribution < -0.4 is 11.2 Å². The molecule has 6 nitrogen and oxygen atoms in total. The Morgan fingerprint density at radius 1 is 1.17 bits per heavy atom. The van der Waals surface area contributed by atoms with E-state index in [4.69, 9.17) is 0 Å². The number of nitrogens with one attached hydrogen (secondary N) is 1. The van der Waals surface area contributed by atoms with Crippen LogP contribution in [0.2, 0.25) is 0 Å². The molecule has 1 atom stereocenters. The van der Waals surface area contributed by atoms with Crippen molar-refractivity contribution >= 4 is 11.3 Å². The van der Waals surface area contributed by atoms with Crippen LogP contribution in [0.15, 0.2) is 40.1 Å². The van der Waals surface area contributed by atoms with Crippen molar-refractivity contribution in [1.82, 2.24) is 19.4 Å². The Labute approximate surface area is 205 Å². The maximum atomic E-state index is 12.9. The minimum absolute atomic E-state index is 0.424. The van der Waals surface area contributed by atoms with Crippen LogP contribution in [0.25, 0.3) is 10.4 Å². The topological polar surface area (TPSA) is 71.0 Å². The highest BCUT2D eigenvalue weighted by Gasteiger charge is 2.40. The molecule has 0 aliphatic carbocycles. The zero-order chi connectivity index (χ0) is 25.4. The van der Waals surface area contributed by atoms with Crippen LogP contribution in [0.4, 0.5) is 13.2 Å². The molecule has 3 heterocycles. The summed E-state index contributed by atoms with van der Waals surface area (Å²) >= 11 is 1.42. The van der Waals surface area contributed by atoms with E-state index in [0.29, 0.717) is 31.6 Å². The molecule has 0 amide bonds. The van der Waals surface area contributed by atoms with E-state index in [1.807, 2.05) is 13.8 Å². The number of piperidine rings is 1. The zero-order valence-corrected chi connectivity index (χ0v) is 20.6. The second-order valence-electron chi connectivity index (χ2n) is 9.23. The average Bonchev–Trinajstić information content (AvgIpc) is 3.12. The first kappa shape index (κ1) is 25.2. The molecule has 1 N–H and O–H groups in total. The van der Waals surface area contributed by atoms with E-state index in [1.165, 1.54) is 28.0 Å². The van der Waals surface area contributed by atoms with Crippen LogP contribution in [0, 0.1) is 20.8 Å². The van der Waals surface area contributed by atoms with Gasteiger partial charge in [0.2, 0.25) is 0 Å². The van der Waals surface area contributed by atoms with Crippen LogP contribution >= 0.6 is 11.3 Å². The summed E-state index contributed by atoms with van der Waals surface area (Å²) in [5.74, 6) is 0. The van der Waals surface area contributed by atoms with Gasteiger partial charge in [-0.05, 0) is 51.8 Å². The third-order valence-electron chi connectivity index (χ3n) is 6.51. The van der Waals surface area contributed by atoms with E-state index < -0.39 is 28.4 Å². The second-order valence-corrected chi connectivity index (χ2v) is 10.4. The van der Waals surface area contributed by atoms with Gasteiger partial charge in [0.1, 0.15) is 5.41 Å². The summed E-state index contributed by atoms with van der Waals surface area (Å²) < 4.78 is 40.3. The smallest absolute Gasteiger partial charge is 0.300 e. The van der Waals surface area contributed by atoms with Crippen molar-refractivity contribution < 1.29 is 13.2 Å². The molecule has 3 aromatic rings. The van der Waals surface area contributed by atoms with E-state index in [2.05, 4.69) is 21.8 Å². The van der Waals surface area contributed by atoms with E-state index in [9.17, 15) is 22.8 Å². The Bertz CT molecular complexity index is 1310. The molecular formula is C25H28F3N4O2S+. The molecule has 1 aliphatic rings. The number of H-pyrrole nitrogens is 1. The number of likely N-dealkylation sites (tertiary alicyclic amines) is 1. The molecule has 0 radical (unpaired) electrons. The van der Waals surface area contributed by atoms with Gasteiger partial charge in [0.25, 0.3) is 5.56 Å². The highest BCUT2D eigenvalue weighted by Crippen LogP contribution is 2.36. The van der Waals surface area contributed by atoms with Crippen molar-refractivity contribution in [2.75, 3.05) is 19.6 Å². The lowest BCUT2D eigenvalue weighted by Gasteiger charge is -2.36. The third kappa shape index (κ3) is 5.54. The SMILES string of the molecule is [CH2+][C@]1(c2ccc(C(F)(F)F)cc2)CCCN(CCCn2cc(-c3sc(C)nc3C)c(=O)[nH]c2=O)C1. The molecule has 10 heteroatoms. The lowest BCUT2D eigenvalue weighted by Crippen LogP contribution is -2.45. The van der Waals surface area contributed by atoms with Crippen LogP contribution in [0.1, 0.15) is 41.1 Å². The first-order valence-electron chi connectivity index (χ1n) is 11.5. The maximum Gasteiger partial charge on any atom is 0.416 e. The average molecular weight is 506 g/mol. The van der Waals surface area contributed by atoms with Gasteiger partial charge < -0.3 is 0 Å². The molecule has 1 fully saturated rings. The highest BCUT2D eigenvalue weighted by molar-refractivity contribution is 7.15. The molecule has 4 rings (SSSR count). The number of thiazole rings is 1. The number of hydrogen-bond acceptors (Lipinski definition) is 5. The lowest BCUT2D eigenvalue weighted by atomic mass is 9.75. The molecule has 0 bridgehead atoms. The molecule has 0 spiro atoms. The van der Waals surface area contributed by atoms with E-state index in [0.717, 1.165) is 52.7 Å². The molecule has 1 aliphatic heterocycles.